The van der Waals surface area contributed by atoms with Crippen molar-refractivity contribution in [3.05, 3.63) is 33.6 Å². The van der Waals surface area contributed by atoms with Gasteiger partial charge in [0.25, 0.3) is 0 Å². The highest BCUT2D eigenvalue weighted by Gasteiger charge is 2.13. The normalized spacial score (nSPS) is 10.5. The summed E-state index contributed by atoms with van der Waals surface area (Å²) in [5, 5.41) is 11.2. The Hall–Kier alpha value is -1.88. The molecule has 100 valence electrons. The number of hydrogen-bond donors (Lipinski definition) is 1. The molecule has 2 rings (SSSR count). The monoisotopic (exact) mass is 277 g/mol. The quantitative estimate of drug-likeness (QED) is 0.933. The van der Waals surface area contributed by atoms with Crippen molar-refractivity contribution in [3.8, 4) is 17.0 Å². The van der Waals surface area contributed by atoms with Crippen LogP contribution in [0.2, 0.25) is 0 Å². The molecule has 0 unspecified atom stereocenters. The molecule has 0 radical (unpaired) electrons. The van der Waals surface area contributed by atoms with E-state index >= 15 is 0 Å². The van der Waals surface area contributed by atoms with Gasteiger partial charge in [-0.1, -0.05) is 0 Å². The molecule has 2 aromatic rings. The number of rotatable bonds is 4. The Morgan fingerprint density at radius 3 is 2.68 bits per heavy atom. The van der Waals surface area contributed by atoms with Crippen LogP contribution < -0.4 is 4.74 Å². The van der Waals surface area contributed by atoms with Crippen molar-refractivity contribution in [1.82, 2.24) is 4.98 Å². The van der Waals surface area contributed by atoms with Crippen molar-refractivity contribution in [2.75, 3.05) is 7.11 Å². The van der Waals surface area contributed by atoms with Gasteiger partial charge in [0.05, 0.1) is 19.2 Å². The maximum absolute atomic E-state index is 10.7. The Labute approximate surface area is 115 Å². The summed E-state index contributed by atoms with van der Waals surface area (Å²) in [6.45, 7) is 4.06. The van der Waals surface area contributed by atoms with E-state index in [9.17, 15) is 4.79 Å². The Morgan fingerprint density at radius 2 is 2.05 bits per heavy atom. The van der Waals surface area contributed by atoms with Crippen molar-refractivity contribution < 1.29 is 14.6 Å². The largest absolute Gasteiger partial charge is 0.496 e. The molecular weight excluding hydrogens is 262 g/mol. The van der Waals surface area contributed by atoms with E-state index in [2.05, 4.69) is 4.98 Å². The number of carboxylic acid groups (broad SMARTS) is 1. The average molecular weight is 277 g/mol. The SMILES string of the molecule is COc1cc(C)c(C)cc1-c1csc(CC(=O)O)n1. The summed E-state index contributed by atoms with van der Waals surface area (Å²) in [6, 6.07) is 3.99. The molecule has 0 aliphatic rings. The summed E-state index contributed by atoms with van der Waals surface area (Å²) in [7, 11) is 1.62. The number of nitrogens with zero attached hydrogens (tertiary/aromatic N) is 1. The Balaban J connectivity index is 2.43. The molecule has 0 bridgehead atoms. The third-order valence-electron chi connectivity index (χ3n) is 2.95. The van der Waals surface area contributed by atoms with Gasteiger partial charge < -0.3 is 9.84 Å². The van der Waals surface area contributed by atoms with E-state index in [4.69, 9.17) is 9.84 Å². The van der Waals surface area contributed by atoms with Gasteiger partial charge in [-0.15, -0.1) is 11.3 Å². The van der Waals surface area contributed by atoms with Gasteiger partial charge in [0.2, 0.25) is 0 Å². The van der Waals surface area contributed by atoms with Gasteiger partial charge in [-0.25, -0.2) is 4.98 Å². The van der Waals surface area contributed by atoms with Crippen LogP contribution in [-0.4, -0.2) is 23.2 Å². The van der Waals surface area contributed by atoms with E-state index in [0.29, 0.717) is 5.01 Å². The molecule has 1 N–H and O–H groups in total. The van der Waals surface area contributed by atoms with Crippen LogP contribution >= 0.6 is 11.3 Å². The maximum Gasteiger partial charge on any atom is 0.310 e. The van der Waals surface area contributed by atoms with Gasteiger partial charge >= 0.3 is 5.97 Å². The Morgan fingerprint density at radius 1 is 1.37 bits per heavy atom. The van der Waals surface area contributed by atoms with Gasteiger partial charge in [0, 0.05) is 10.9 Å². The highest BCUT2D eigenvalue weighted by molar-refractivity contribution is 7.10. The molecule has 0 aliphatic heterocycles. The standard InChI is InChI=1S/C14H15NO3S/c1-8-4-10(12(18-3)5-9(8)2)11-7-19-13(15-11)6-14(16)17/h4-5,7H,6H2,1-3H3,(H,16,17). The molecular formula is C14H15NO3S. The van der Waals surface area contributed by atoms with E-state index < -0.39 is 5.97 Å². The summed E-state index contributed by atoms with van der Waals surface area (Å²) in [5.74, 6) is -0.108. The van der Waals surface area contributed by atoms with Crippen molar-refractivity contribution in [2.24, 2.45) is 0 Å². The third kappa shape index (κ3) is 2.93. The van der Waals surface area contributed by atoms with Crippen LogP contribution in [0.4, 0.5) is 0 Å². The molecule has 0 amide bonds. The minimum atomic E-state index is -0.868. The summed E-state index contributed by atoms with van der Waals surface area (Å²) in [4.78, 5) is 15.0. The van der Waals surface area contributed by atoms with Gasteiger partial charge in [-0.05, 0) is 37.1 Å². The zero-order valence-electron chi connectivity index (χ0n) is 11.1. The smallest absolute Gasteiger partial charge is 0.310 e. The van der Waals surface area contributed by atoms with Gasteiger partial charge in [0.1, 0.15) is 10.8 Å². The molecule has 4 nitrogen and oxygen atoms in total. The molecule has 1 aromatic heterocycles. The van der Waals surface area contributed by atoms with E-state index in [0.717, 1.165) is 28.1 Å². The molecule has 0 aliphatic carbocycles. The van der Waals surface area contributed by atoms with Crippen LogP contribution in [0.5, 0.6) is 5.75 Å². The number of aryl methyl sites for hydroxylation is 2. The van der Waals surface area contributed by atoms with Gasteiger partial charge in [-0.2, -0.15) is 0 Å². The zero-order chi connectivity index (χ0) is 14.0. The molecule has 0 atom stereocenters. The fourth-order valence-electron chi connectivity index (χ4n) is 1.80. The molecule has 0 fully saturated rings. The zero-order valence-corrected chi connectivity index (χ0v) is 11.9. The first-order chi connectivity index (χ1) is 9.01. The van der Waals surface area contributed by atoms with Crippen LogP contribution in [0, 0.1) is 13.8 Å². The molecule has 0 saturated heterocycles. The number of hydrogen-bond acceptors (Lipinski definition) is 4. The third-order valence-corrected chi connectivity index (χ3v) is 3.79. The topological polar surface area (TPSA) is 59.4 Å². The molecule has 0 spiro atoms. The second-order valence-corrected chi connectivity index (χ2v) is 5.28. The fourth-order valence-corrected chi connectivity index (χ4v) is 2.59. The lowest BCUT2D eigenvalue weighted by Crippen LogP contribution is -1.99. The van der Waals surface area contributed by atoms with Crippen LogP contribution in [0.3, 0.4) is 0 Å². The first-order valence-electron chi connectivity index (χ1n) is 5.83. The van der Waals surface area contributed by atoms with Crippen LogP contribution in [0.25, 0.3) is 11.3 Å². The van der Waals surface area contributed by atoms with Crippen molar-refractivity contribution in [2.45, 2.75) is 20.3 Å². The fraction of sp³-hybridized carbons (Fsp3) is 0.286. The van der Waals surface area contributed by atoms with Gasteiger partial charge in [-0.3, -0.25) is 4.79 Å². The highest BCUT2D eigenvalue weighted by atomic mass is 32.1. The Bertz CT molecular complexity index is 619. The van der Waals surface area contributed by atoms with Crippen LogP contribution in [0.15, 0.2) is 17.5 Å². The summed E-state index contributed by atoms with van der Waals surface area (Å²) >= 11 is 1.35. The molecule has 1 heterocycles. The summed E-state index contributed by atoms with van der Waals surface area (Å²) < 4.78 is 5.37. The maximum atomic E-state index is 10.7. The minimum Gasteiger partial charge on any atom is -0.496 e. The lowest BCUT2D eigenvalue weighted by atomic mass is 10.0. The Kier molecular flexibility index (Phi) is 3.85. The number of methoxy groups -OCH3 is 1. The number of carbonyl (C=O) groups is 1. The average Bonchev–Trinajstić information content (AvgIpc) is 2.79. The lowest BCUT2D eigenvalue weighted by molar-refractivity contribution is -0.136. The van der Waals surface area contributed by atoms with Crippen molar-refractivity contribution in [1.29, 1.82) is 0 Å². The summed E-state index contributed by atoms with van der Waals surface area (Å²) in [6.07, 6.45) is -0.0438. The van der Waals surface area contributed by atoms with E-state index in [1.807, 2.05) is 31.4 Å². The number of aromatic nitrogens is 1. The van der Waals surface area contributed by atoms with Crippen LogP contribution in [-0.2, 0) is 11.2 Å². The van der Waals surface area contributed by atoms with Gasteiger partial charge in [0.15, 0.2) is 0 Å². The first kappa shape index (κ1) is 13.5. The number of aliphatic carboxylic acids is 1. The molecule has 5 heteroatoms. The van der Waals surface area contributed by atoms with E-state index in [1.54, 1.807) is 7.11 Å². The van der Waals surface area contributed by atoms with Crippen LogP contribution in [0.1, 0.15) is 16.1 Å². The predicted molar refractivity (Wildman–Crippen MR) is 74.9 cm³/mol. The molecule has 19 heavy (non-hydrogen) atoms. The summed E-state index contributed by atoms with van der Waals surface area (Å²) in [5.41, 5.74) is 3.98. The first-order valence-corrected chi connectivity index (χ1v) is 6.71. The van der Waals surface area contributed by atoms with E-state index in [1.165, 1.54) is 11.3 Å². The number of ether oxygens (including phenoxy) is 1. The second kappa shape index (κ2) is 5.40. The van der Waals surface area contributed by atoms with E-state index in [-0.39, 0.29) is 6.42 Å². The number of thiazole rings is 1. The van der Waals surface area contributed by atoms with Crippen molar-refractivity contribution >= 4 is 17.3 Å². The number of benzene rings is 1. The minimum absolute atomic E-state index is 0.0438. The molecule has 1 aromatic carbocycles. The van der Waals surface area contributed by atoms with Crippen molar-refractivity contribution in [3.63, 3.8) is 0 Å². The number of carboxylic acids is 1. The molecule has 0 saturated carbocycles. The predicted octanol–water partition coefficient (Wildman–Crippen LogP) is 3.06. The highest BCUT2D eigenvalue weighted by Crippen LogP contribution is 2.33. The lowest BCUT2D eigenvalue weighted by Gasteiger charge is -2.10. The second-order valence-electron chi connectivity index (χ2n) is 4.33.